The zero-order valence-electron chi connectivity index (χ0n) is 15.5. The molecule has 0 radical (unpaired) electrons. The number of hydrogen-bond donors (Lipinski definition) is 2. The first-order valence-electron chi connectivity index (χ1n) is 8.98. The minimum Gasteiger partial charge on any atom is -0.363 e. The van der Waals surface area contributed by atoms with Crippen LogP contribution < -0.4 is 10.6 Å². The lowest BCUT2D eigenvalue weighted by molar-refractivity contribution is -0.173. The lowest BCUT2D eigenvalue weighted by atomic mass is 10.0. The second-order valence-electron chi connectivity index (χ2n) is 6.86. The van der Waals surface area contributed by atoms with Gasteiger partial charge in [-0.1, -0.05) is 18.2 Å². The number of thiophene rings is 1. The van der Waals surface area contributed by atoms with Gasteiger partial charge >= 0.3 is 12.4 Å². The molecule has 31 heavy (non-hydrogen) atoms. The Labute approximate surface area is 175 Å². The van der Waals surface area contributed by atoms with E-state index in [0.717, 1.165) is 24.3 Å². The summed E-state index contributed by atoms with van der Waals surface area (Å²) in [5.74, 6) is -1.09. The number of hydrogen-bond acceptors (Lipinski definition) is 4. The topological polar surface area (TPSA) is 59.0 Å². The van der Waals surface area contributed by atoms with Gasteiger partial charge in [-0.15, -0.1) is 11.3 Å². The van der Waals surface area contributed by atoms with Crippen molar-refractivity contribution >= 4 is 28.7 Å². The number of halogens is 6. The van der Waals surface area contributed by atoms with E-state index in [1.165, 1.54) is 17.4 Å². The van der Waals surface area contributed by atoms with Gasteiger partial charge in [0, 0.05) is 17.4 Å². The molecule has 1 amide bonds. The zero-order valence-corrected chi connectivity index (χ0v) is 16.3. The van der Waals surface area contributed by atoms with Crippen molar-refractivity contribution in [2.75, 3.05) is 10.6 Å². The van der Waals surface area contributed by atoms with Crippen LogP contribution in [0, 0.1) is 0 Å². The van der Waals surface area contributed by atoms with Gasteiger partial charge in [-0.2, -0.15) is 31.4 Å². The summed E-state index contributed by atoms with van der Waals surface area (Å²) in [6, 6.07) is 6.20. The first-order chi connectivity index (χ1) is 14.5. The van der Waals surface area contributed by atoms with Gasteiger partial charge in [-0.25, -0.2) is 4.68 Å². The highest BCUT2D eigenvalue weighted by Crippen LogP contribution is 2.44. The van der Waals surface area contributed by atoms with Crippen molar-refractivity contribution in [1.29, 1.82) is 0 Å². The van der Waals surface area contributed by atoms with Gasteiger partial charge in [-0.3, -0.25) is 4.79 Å². The van der Waals surface area contributed by atoms with Crippen LogP contribution in [0.1, 0.15) is 39.4 Å². The molecular formula is C19H14F6N4OS. The van der Waals surface area contributed by atoms with Crippen LogP contribution >= 0.6 is 11.3 Å². The van der Waals surface area contributed by atoms with Gasteiger partial charge in [0.25, 0.3) is 5.91 Å². The molecule has 1 aliphatic heterocycles. The van der Waals surface area contributed by atoms with Crippen LogP contribution in [-0.4, -0.2) is 21.9 Å². The molecule has 2 N–H and O–H groups in total. The standard InChI is InChI=1S/C19H14F6N4OS/c20-18(21,22)10-4-1-2-5-11(10)27-17(30)13-9-16-26-12(14-6-3-7-31-14)8-15(19(23,24)25)29(16)28-13/h1-7,9,12,15,26H,8H2,(H,27,30)/t12-,15-/m1/s1. The number of para-hydroxylation sites is 1. The number of benzene rings is 1. The minimum atomic E-state index is -4.71. The molecule has 4 rings (SSSR count). The number of fused-ring (bicyclic) bond motifs is 1. The highest BCUT2D eigenvalue weighted by atomic mass is 32.1. The molecule has 164 valence electrons. The van der Waals surface area contributed by atoms with E-state index in [4.69, 9.17) is 0 Å². The third-order valence-electron chi connectivity index (χ3n) is 4.79. The Balaban J connectivity index is 1.65. The van der Waals surface area contributed by atoms with Crippen LogP contribution in [0.25, 0.3) is 0 Å². The summed E-state index contributed by atoms with van der Waals surface area (Å²) < 4.78 is 81.1. The van der Waals surface area contributed by atoms with E-state index in [9.17, 15) is 31.1 Å². The predicted octanol–water partition coefficient (Wildman–Crippen LogP) is 5.88. The lowest BCUT2D eigenvalue weighted by Gasteiger charge is -2.32. The van der Waals surface area contributed by atoms with E-state index < -0.39 is 47.3 Å². The first kappa shape index (κ1) is 21.2. The molecule has 0 spiro atoms. The molecule has 1 aromatic carbocycles. The molecule has 0 unspecified atom stereocenters. The van der Waals surface area contributed by atoms with Gasteiger partial charge < -0.3 is 10.6 Å². The van der Waals surface area contributed by atoms with E-state index in [1.54, 1.807) is 17.5 Å². The SMILES string of the molecule is O=C(Nc1ccccc1C(F)(F)F)c1cc2n(n1)[C@@H](C(F)(F)F)C[C@H](c1cccs1)N2. The molecule has 3 heterocycles. The van der Waals surface area contributed by atoms with Crippen LogP contribution in [0.3, 0.4) is 0 Å². The zero-order chi connectivity index (χ0) is 22.4. The van der Waals surface area contributed by atoms with Crippen molar-refractivity contribution in [3.05, 3.63) is 64.0 Å². The number of alkyl halides is 6. The van der Waals surface area contributed by atoms with E-state index in [0.29, 0.717) is 9.56 Å². The third kappa shape index (κ3) is 4.24. The highest BCUT2D eigenvalue weighted by Gasteiger charge is 2.47. The number of nitrogens with one attached hydrogen (secondary N) is 2. The molecule has 0 aliphatic carbocycles. The highest BCUT2D eigenvalue weighted by molar-refractivity contribution is 7.10. The van der Waals surface area contributed by atoms with Crippen molar-refractivity contribution < 1.29 is 31.1 Å². The largest absolute Gasteiger partial charge is 0.418 e. The predicted molar refractivity (Wildman–Crippen MR) is 102 cm³/mol. The van der Waals surface area contributed by atoms with E-state index in [1.807, 2.05) is 0 Å². The van der Waals surface area contributed by atoms with Gasteiger partial charge in [0.15, 0.2) is 11.7 Å². The normalized spacial score (nSPS) is 18.9. The van der Waals surface area contributed by atoms with Gasteiger partial charge in [0.1, 0.15) is 5.82 Å². The molecular weight excluding hydrogens is 446 g/mol. The summed E-state index contributed by atoms with van der Waals surface area (Å²) in [7, 11) is 0. The summed E-state index contributed by atoms with van der Waals surface area (Å²) in [5.41, 5.74) is -2.01. The quantitative estimate of drug-likeness (QED) is 0.481. The second-order valence-corrected chi connectivity index (χ2v) is 7.84. The Kier molecular flexibility index (Phi) is 5.20. The van der Waals surface area contributed by atoms with Crippen molar-refractivity contribution in [2.24, 2.45) is 0 Å². The van der Waals surface area contributed by atoms with Gasteiger partial charge in [-0.05, 0) is 23.6 Å². The Morgan fingerprint density at radius 2 is 1.87 bits per heavy atom. The number of anilines is 2. The summed E-state index contributed by atoms with van der Waals surface area (Å²) >= 11 is 1.29. The van der Waals surface area contributed by atoms with Crippen LogP contribution in [0.4, 0.5) is 37.8 Å². The molecule has 0 fully saturated rings. The Hall–Kier alpha value is -3.02. The Morgan fingerprint density at radius 3 is 2.52 bits per heavy atom. The van der Waals surface area contributed by atoms with Crippen LogP contribution in [-0.2, 0) is 6.18 Å². The number of rotatable bonds is 3. The van der Waals surface area contributed by atoms with Crippen LogP contribution in [0.15, 0.2) is 47.8 Å². The van der Waals surface area contributed by atoms with Crippen LogP contribution in [0.2, 0.25) is 0 Å². The van der Waals surface area contributed by atoms with Crippen molar-refractivity contribution in [2.45, 2.75) is 30.9 Å². The minimum absolute atomic E-state index is 0.0405. The first-order valence-corrected chi connectivity index (χ1v) is 9.86. The number of carbonyl (C=O) groups excluding carboxylic acids is 1. The molecule has 2 atom stereocenters. The maximum atomic E-state index is 13.7. The van der Waals surface area contributed by atoms with Crippen LogP contribution in [0.5, 0.6) is 0 Å². The monoisotopic (exact) mass is 460 g/mol. The fourth-order valence-electron chi connectivity index (χ4n) is 3.39. The van der Waals surface area contributed by atoms with Gasteiger partial charge in [0.2, 0.25) is 0 Å². The molecule has 2 aromatic heterocycles. The van der Waals surface area contributed by atoms with Crippen molar-refractivity contribution in [3.63, 3.8) is 0 Å². The summed E-state index contributed by atoms with van der Waals surface area (Å²) in [6.07, 6.45) is -9.68. The Bertz CT molecular complexity index is 1090. The molecule has 1 aliphatic rings. The number of aromatic nitrogens is 2. The summed E-state index contributed by atoms with van der Waals surface area (Å²) in [6.45, 7) is 0. The van der Waals surface area contributed by atoms with Crippen molar-refractivity contribution in [1.82, 2.24) is 9.78 Å². The smallest absolute Gasteiger partial charge is 0.363 e. The average molecular weight is 460 g/mol. The second kappa shape index (κ2) is 7.59. The van der Waals surface area contributed by atoms with E-state index >= 15 is 0 Å². The fourth-order valence-corrected chi connectivity index (χ4v) is 4.18. The van der Waals surface area contributed by atoms with Crippen molar-refractivity contribution in [3.8, 4) is 0 Å². The summed E-state index contributed by atoms with van der Waals surface area (Å²) in [5, 5.41) is 10.5. The Morgan fingerprint density at radius 1 is 1.13 bits per heavy atom. The molecule has 0 bridgehead atoms. The number of amides is 1. The number of carbonyl (C=O) groups is 1. The average Bonchev–Trinajstić information content (AvgIpc) is 3.35. The lowest BCUT2D eigenvalue weighted by Crippen LogP contribution is -2.35. The van der Waals surface area contributed by atoms with E-state index in [-0.39, 0.29) is 12.2 Å². The third-order valence-corrected chi connectivity index (χ3v) is 5.78. The maximum absolute atomic E-state index is 13.7. The molecule has 0 saturated carbocycles. The molecule has 5 nitrogen and oxygen atoms in total. The summed E-state index contributed by atoms with van der Waals surface area (Å²) in [4.78, 5) is 13.2. The molecule has 3 aromatic rings. The maximum Gasteiger partial charge on any atom is 0.418 e. The number of nitrogens with zero attached hydrogens (tertiary/aromatic N) is 2. The fraction of sp³-hybridized carbons (Fsp3) is 0.263. The molecule has 0 saturated heterocycles. The van der Waals surface area contributed by atoms with Gasteiger partial charge in [0.05, 0.1) is 17.3 Å². The molecule has 12 heteroatoms. The van der Waals surface area contributed by atoms with E-state index in [2.05, 4.69) is 15.7 Å².